The number of pyridine rings is 1. The van der Waals surface area contributed by atoms with Gasteiger partial charge in [0.15, 0.2) is 11.0 Å². The second-order valence-corrected chi connectivity index (χ2v) is 3.28. The Labute approximate surface area is 84.7 Å². The smallest absolute Gasteiger partial charge is 0.166 e. The fourth-order valence-corrected chi connectivity index (χ4v) is 1.35. The molecule has 0 aliphatic heterocycles. The molecule has 0 aliphatic rings. The third kappa shape index (κ3) is 2.17. The lowest BCUT2D eigenvalue weighted by molar-refractivity contribution is -0.108. The minimum atomic E-state index is -0.672. The molecule has 0 radical (unpaired) electrons. The number of hydrogen-bond acceptors (Lipinski definition) is 2. The Hall–Kier alpha value is -0.670. The lowest BCUT2D eigenvalue weighted by Crippen LogP contribution is -1.99. The highest BCUT2D eigenvalue weighted by atomic mass is 35.5. The van der Waals surface area contributed by atoms with Gasteiger partial charge >= 0.3 is 0 Å². The van der Waals surface area contributed by atoms with Crippen molar-refractivity contribution in [2.45, 2.75) is 12.8 Å². The molecule has 1 aromatic heterocycles. The normalized spacial score (nSPS) is 12.6. The first-order valence-electron chi connectivity index (χ1n) is 3.53. The summed E-state index contributed by atoms with van der Waals surface area (Å²) in [6.45, 7) is 1.60. The van der Waals surface area contributed by atoms with Gasteiger partial charge in [-0.1, -0.05) is 30.1 Å². The summed E-state index contributed by atoms with van der Waals surface area (Å²) in [6, 6.07) is 1.12. The molecule has 0 fully saturated rings. The van der Waals surface area contributed by atoms with Gasteiger partial charge in [0.1, 0.15) is 11.4 Å². The largest absolute Gasteiger partial charge is 0.303 e. The molecule has 0 N–H and O–H groups in total. The summed E-state index contributed by atoms with van der Waals surface area (Å²) in [7, 11) is 0. The van der Waals surface area contributed by atoms with Gasteiger partial charge in [-0.25, -0.2) is 9.37 Å². The molecule has 0 aliphatic carbocycles. The van der Waals surface area contributed by atoms with Crippen LogP contribution in [0.2, 0.25) is 10.3 Å². The van der Waals surface area contributed by atoms with E-state index in [-0.39, 0.29) is 10.3 Å². The Kier molecular flexibility index (Phi) is 3.22. The van der Waals surface area contributed by atoms with Gasteiger partial charge in [0.2, 0.25) is 0 Å². The second kappa shape index (κ2) is 4.03. The van der Waals surface area contributed by atoms with Crippen molar-refractivity contribution in [2.75, 3.05) is 0 Å². The molecular weight excluding hydrogens is 216 g/mol. The maximum Gasteiger partial charge on any atom is 0.166 e. The minimum absolute atomic E-state index is 0.0611. The van der Waals surface area contributed by atoms with Crippen LogP contribution >= 0.6 is 23.2 Å². The van der Waals surface area contributed by atoms with E-state index in [9.17, 15) is 9.18 Å². The Morgan fingerprint density at radius 1 is 1.54 bits per heavy atom. The van der Waals surface area contributed by atoms with Gasteiger partial charge in [-0.15, -0.1) is 0 Å². The zero-order chi connectivity index (χ0) is 10.0. The highest BCUT2D eigenvalue weighted by Crippen LogP contribution is 2.25. The molecule has 2 nitrogen and oxygen atoms in total. The van der Waals surface area contributed by atoms with Gasteiger partial charge in [-0.2, -0.15) is 0 Å². The van der Waals surface area contributed by atoms with Crippen molar-refractivity contribution >= 4 is 29.5 Å². The second-order valence-electron chi connectivity index (χ2n) is 2.57. The SMILES string of the molecule is CC(C=O)c1cc(F)c(Cl)nc1Cl. The number of nitrogens with zero attached hydrogens (tertiary/aromatic N) is 1. The van der Waals surface area contributed by atoms with E-state index in [1.807, 2.05) is 0 Å². The van der Waals surface area contributed by atoms with Crippen molar-refractivity contribution in [1.29, 1.82) is 0 Å². The van der Waals surface area contributed by atoms with Crippen molar-refractivity contribution < 1.29 is 9.18 Å². The predicted molar refractivity (Wildman–Crippen MR) is 48.7 cm³/mol. The van der Waals surface area contributed by atoms with Gasteiger partial charge in [0.05, 0.1) is 0 Å². The fourth-order valence-electron chi connectivity index (χ4n) is 0.852. The summed E-state index contributed by atoms with van der Waals surface area (Å²) in [5.41, 5.74) is 0.346. The molecule has 1 aromatic rings. The van der Waals surface area contributed by atoms with E-state index in [2.05, 4.69) is 4.98 Å². The number of aldehydes is 1. The van der Waals surface area contributed by atoms with E-state index >= 15 is 0 Å². The summed E-state index contributed by atoms with van der Waals surface area (Å²) in [6.07, 6.45) is 0.663. The first-order chi connectivity index (χ1) is 6.06. The number of carbonyl (C=O) groups excluding carboxylic acids is 1. The third-order valence-electron chi connectivity index (χ3n) is 1.61. The zero-order valence-electron chi connectivity index (χ0n) is 6.72. The van der Waals surface area contributed by atoms with Crippen LogP contribution in [0.3, 0.4) is 0 Å². The van der Waals surface area contributed by atoms with Crippen LogP contribution < -0.4 is 0 Å². The highest BCUT2D eigenvalue weighted by molar-refractivity contribution is 6.33. The number of rotatable bonds is 2. The molecule has 1 atom stereocenters. The molecule has 0 bridgehead atoms. The lowest BCUT2D eigenvalue weighted by atomic mass is 10.1. The van der Waals surface area contributed by atoms with Gasteiger partial charge in [-0.05, 0) is 6.07 Å². The summed E-state index contributed by atoms with van der Waals surface area (Å²) in [5.74, 6) is -1.15. The van der Waals surface area contributed by atoms with Gasteiger partial charge < -0.3 is 4.79 Å². The van der Waals surface area contributed by atoms with E-state index in [1.165, 1.54) is 0 Å². The maximum absolute atomic E-state index is 12.9. The molecule has 0 saturated carbocycles. The Bertz CT molecular complexity index is 343. The highest BCUT2D eigenvalue weighted by Gasteiger charge is 2.13. The van der Waals surface area contributed by atoms with Crippen molar-refractivity contribution in [2.24, 2.45) is 0 Å². The average Bonchev–Trinajstić information content (AvgIpc) is 2.10. The van der Waals surface area contributed by atoms with E-state index < -0.39 is 11.7 Å². The molecule has 70 valence electrons. The predicted octanol–water partition coefficient (Wildman–Crippen LogP) is 2.83. The number of halogens is 3. The van der Waals surface area contributed by atoms with E-state index in [0.29, 0.717) is 11.8 Å². The standard InChI is InChI=1S/C8H6Cl2FNO/c1-4(3-13)5-2-6(11)8(10)12-7(5)9/h2-4H,1H3. The molecule has 0 saturated heterocycles. The van der Waals surface area contributed by atoms with Crippen molar-refractivity contribution in [3.8, 4) is 0 Å². The van der Waals surface area contributed by atoms with Crippen LogP contribution in [0.1, 0.15) is 18.4 Å². The quantitative estimate of drug-likeness (QED) is 0.568. The van der Waals surface area contributed by atoms with E-state index in [1.54, 1.807) is 6.92 Å². The van der Waals surface area contributed by atoms with Gasteiger partial charge in [0, 0.05) is 11.5 Å². The molecule has 0 aromatic carbocycles. The molecule has 1 heterocycles. The van der Waals surface area contributed by atoms with Gasteiger partial charge in [0.25, 0.3) is 0 Å². The molecule has 1 rings (SSSR count). The number of carbonyl (C=O) groups is 1. The molecule has 1 unspecified atom stereocenters. The number of hydrogen-bond donors (Lipinski definition) is 0. The molecule has 13 heavy (non-hydrogen) atoms. The first kappa shape index (κ1) is 10.4. The average molecular weight is 222 g/mol. The van der Waals surface area contributed by atoms with Crippen molar-refractivity contribution in [1.82, 2.24) is 4.98 Å². The van der Waals surface area contributed by atoms with Crippen LogP contribution in [0.15, 0.2) is 6.07 Å². The summed E-state index contributed by atoms with van der Waals surface area (Å²) >= 11 is 11.0. The molecular formula is C8H6Cl2FNO. The number of aromatic nitrogens is 1. The Morgan fingerprint density at radius 2 is 2.15 bits per heavy atom. The third-order valence-corrected chi connectivity index (χ3v) is 2.18. The van der Waals surface area contributed by atoms with E-state index in [4.69, 9.17) is 23.2 Å². The zero-order valence-corrected chi connectivity index (χ0v) is 8.23. The van der Waals surface area contributed by atoms with Crippen LogP contribution in [0.4, 0.5) is 4.39 Å². The van der Waals surface area contributed by atoms with Crippen LogP contribution in [0, 0.1) is 5.82 Å². The maximum atomic E-state index is 12.9. The molecule has 5 heteroatoms. The summed E-state index contributed by atoms with van der Waals surface area (Å²) in [5, 5.41) is -0.224. The van der Waals surface area contributed by atoms with Crippen LogP contribution in [0.25, 0.3) is 0 Å². The van der Waals surface area contributed by atoms with E-state index in [0.717, 1.165) is 6.07 Å². The topological polar surface area (TPSA) is 30.0 Å². The summed E-state index contributed by atoms with van der Waals surface area (Å²) in [4.78, 5) is 14.0. The Balaban J connectivity index is 3.22. The minimum Gasteiger partial charge on any atom is -0.303 e. The monoisotopic (exact) mass is 221 g/mol. The fraction of sp³-hybridized carbons (Fsp3) is 0.250. The van der Waals surface area contributed by atoms with Crippen LogP contribution in [-0.4, -0.2) is 11.3 Å². The Morgan fingerprint density at radius 3 is 2.69 bits per heavy atom. The van der Waals surface area contributed by atoms with Crippen LogP contribution in [0.5, 0.6) is 0 Å². The van der Waals surface area contributed by atoms with Crippen LogP contribution in [-0.2, 0) is 4.79 Å². The molecule has 0 amide bonds. The summed E-state index contributed by atoms with van der Waals surface area (Å²) < 4.78 is 12.9. The first-order valence-corrected chi connectivity index (χ1v) is 4.28. The van der Waals surface area contributed by atoms with Gasteiger partial charge in [-0.3, -0.25) is 0 Å². The molecule has 0 spiro atoms. The van der Waals surface area contributed by atoms with Crippen molar-refractivity contribution in [3.63, 3.8) is 0 Å². The lowest BCUT2D eigenvalue weighted by Gasteiger charge is -2.06. The van der Waals surface area contributed by atoms with Crippen molar-refractivity contribution in [3.05, 3.63) is 27.8 Å².